The number of hydrogen-bond acceptors (Lipinski definition) is 2. The Balaban J connectivity index is 2.55. The van der Waals surface area contributed by atoms with Crippen LogP contribution >= 0.6 is 0 Å². The van der Waals surface area contributed by atoms with Gasteiger partial charge < -0.3 is 0 Å². The second-order valence-electron chi connectivity index (χ2n) is 7.45. The SMILES string of the molecule is CCC[CH2][Sn]([CH2]CCC)([CH2]CCC)[c]1nn(C)c2cc(OC)ccc12. The van der Waals surface area contributed by atoms with Crippen LogP contribution in [0.3, 0.4) is 0 Å². The number of methoxy groups -OCH3 is 1. The average molecular weight is 451 g/mol. The normalized spacial score (nSPS) is 12.0. The van der Waals surface area contributed by atoms with Crippen molar-refractivity contribution in [2.24, 2.45) is 7.05 Å². The van der Waals surface area contributed by atoms with Gasteiger partial charge in [-0.15, -0.1) is 0 Å². The molecular formula is C21H36N2OSn. The summed E-state index contributed by atoms with van der Waals surface area (Å²) >= 11 is -2.50. The van der Waals surface area contributed by atoms with Crippen molar-refractivity contribution >= 4 is 33.0 Å². The van der Waals surface area contributed by atoms with Gasteiger partial charge in [-0.3, -0.25) is 0 Å². The van der Waals surface area contributed by atoms with Crippen LogP contribution in [-0.2, 0) is 7.05 Å². The average Bonchev–Trinajstić information content (AvgIpc) is 2.98. The Bertz CT molecular complexity index is 643. The van der Waals surface area contributed by atoms with Gasteiger partial charge in [-0.1, -0.05) is 0 Å². The summed E-state index contributed by atoms with van der Waals surface area (Å²) in [6, 6.07) is 6.54. The number of aryl methyl sites for hydroxylation is 1. The molecule has 0 saturated heterocycles. The maximum atomic E-state index is 5.44. The van der Waals surface area contributed by atoms with E-state index in [1.807, 2.05) is 0 Å². The summed E-state index contributed by atoms with van der Waals surface area (Å²) in [4.78, 5) is 0. The van der Waals surface area contributed by atoms with Gasteiger partial charge in [0.25, 0.3) is 0 Å². The Labute approximate surface area is 158 Å². The van der Waals surface area contributed by atoms with Crippen molar-refractivity contribution < 1.29 is 4.74 Å². The van der Waals surface area contributed by atoms with Gasteiger partial charge in [0.2, 0.25) is 0 Å². The number of fused-ring (bicyclic) bond motifs is 1. The van der Waals surface area contributed by atoms with Crippen molar-refractivity contribution in [1.82, 2.24) is 9.78 Å². The van der Waals surface area contributed by atoms with E-state index in [4.69, 9.17) is 9.84 Å². The molecule has 0 atom stereocenters. The molecule has 1 aromatic carbocycles. The number of hydrogen-bond donors (Lipinski definition) is 0. The third-order valence-electron chi connectivity index (χ3n) is 5.59. The molecular weight excluding hydrogens is 415 g/mol. The fourth-order valence-electron chi connectivity index (χ4n) is 4.03. The Morgan fingerprint density at radius 2 is 1.52 bits per heavy atom. The molecule has 0 aliphatic heterocycles. The van der Waals surface area contributed by atoms with E-state index in [0.717, 1.165) is 5.75 Å². The van der Waals surface area contributed by atoms with Crippen LogP contribution in [-0.4, -0.2) is 35.3 Å². The topological polar surface area (TPSA) is 27.1 Å². The Kier molecular flexibility index (Phi) is 8.11. The van der Waals surface area contributed by atoms with E-state index in [-0.39, 0.29) is 0 Å². The molecule has 0 N–H and O–H groups in total. The Morgan fingerprint density at radius 3 is 2.00 bits per heavy atom. The summed E-state index contributed by atoms with van der Waals surface area (Å²) in [6.45, 7) is 6.99. The second-order valence-corrected chi connectivity index (χ2v) is 20.4. The number of nitrogens with zero attached hydrogens (tertiary/aromatic N) is 2. The quantitative estimate of drug-likeness (QED) is 0.414. The van der Waals surface area contributed by atoms with E-state index in [1.54, 1.807) is 7.11 Å². The van der Waals surface area contributed by atoms with E-state index in [9.17, 15) is 0 Å². The molecule has 0 spiro atoms. The first-order valence-corrected chi connectivity index (χ1v) is 17.6. The molecule has 0 aliphatic carbocycles. The molecule has 2 rings (SSSR count). The van der Waals surface area contributed by atoms with Gasteiger partial charge in [0.1, 0.15) is 0 Å². The van der Waals surface area contributed by atoms with Crippen molar-refractivity contribution in [3.63, 3.8) is 0 Å². The molecule has 0 amide bonds. The molecule has 3 nitrogen and oxygen atoms in total. The van der Waals surface area contributed by atoms with E-state index in [0.29, 0.717) is 0 Å². The first kappa shape index (κ1) is 20.6. The van der Waals surface area contributed by atoms with E-state index in [2.05, 4.69) is 50.7 Å². The first-order chi connectivity index (χ1) is 12.1. The summed E-state index contributed by atoms with van der Waals surface area (Å²) in [6.07, 6.45) is 8.02. The summed E-state index contributed by atoms with van der Waals surface area (Å²) in [5.74, 6) is 0.929. The molecule has 1 aromatic heterocycles. The summed E-state index contributed by atoms with van der Waals surface area (Å²) in [7, 11) is 3.84. The minimum absolute atomic E-state index is 0.929. The molecule has 4 heteroatoms. The summed E-state index contributed by atoms with van der Waals surface area (Å²) in [5, 5.41) is 6.56. The van der Waals surface area contributed by atoms with Crippen LogP contribution in [0.5, 0.6) is 5.75 Å². The van der Waals surface area contributed by atoms with Crippen molar-refractivity contribution in [2.45, 2.75) is 72.6 Å². The summed E-state index contributed by atoms with van der Waals surface area (Å²) < 4.78 is 13.5. The van der Waals surface area contributed by atoms with Gasteiger partial charge >= 0.3 is 158 Å². The van der Waals surface area contributed by atoms with Crippen LogP contribution in [0.1, 0.15) is 59.3 Å². The minimum atomic E-state index is -2.50. The Hall–Kier alpha value is -0.711. The van der Waals surface area contributed by atoms with Gasteiger partial charge in [-0.2, -0.15) is 0 Å². The predicted molar refractivity (Wildman–Crippen MR) is 112 cm³/mol. The van der Waals surface area contributed by atoms with Crippen LogP contribution in [0.25, 0.3) is 10.9 Å². The molecule has 0 fully saturated rings. The fourth-order valence-corrected chi connectivity index (χ4v) is 20.3. The van der Waals surface area contributed by atoms with Gasteiger partial charge in [0.15, 0.2) is 0 Å². The van der Waals surface area contributed by atoms with Crippen LogP contribution in [0.15, 0.2) is 18.2 Å². The standard InChI is InChI=1S/C9H9N2O.3C4H9.Sn/c1-11-9-5-8(12-2)4-3-7(9)6-10-11;3*1-3-4-2;/h3-5H,1-2H3;3*1,3-4H2,2H3;. The van der Waals surface area contributed by atoms with Gasteiger partial charge in [-0.05, 0) is 0 Å². The molecule has 0 unspecified atom stereocenters. The van der Waals surface area contributed by atoms with Crippen molar-refractivity contribution in [3.8, 4) is 5.75 Å². The van der Waals surface area contributed by atoms with Gasteiger partial charge in [-0.25, -0.2) is 0 Å². The molecule has 0 aliphatic rings. The predicted octanol–water partition coefficient (Wildman–Crippen LogP) is 5.64. The molecule has 25 heavy (non-hydrogen) atoms. The maximum absolute atomic E-state index is 5.44. The molecule has 0 bridgehead atoms. The van der Waals surface area contributed by atoms with E-state index in [1.165, 1.54) is 66.4 Å². The van der Waals surface area contributed by atoms with Crippen molar-refractivity contribution in [1.29, 1.82) is 0 Å². The zero-order valence-corrected chi connectivity index (χ0v) is 19.8. The van der Waals surface area contributed by atoms with Crippen molar-refractivity contribution in [3.05, 3.63) is 18.2 Å². The molecule has 0 saturated carbocycles. The molecule has 1 heterocycles. The molecule has 0 radical (unpaired) electrons. The zero-order chi connectivity index (χ0) is 18.3. The number of ether oxygens (including phenoxy) is 1. The van der Waals surface area contributed by atoms with E-state index < -0.39 is 18.4 Å². The molecule has 140 valence electrons. The summed E-state index contributed by atoms with van der Waals surface area (Å²) in [5.41, 5.74) is 1.24. The van der Waals surface area contributed by atoms with Crippen LogP contribution in [0.2, 0.25) is 13.3 Å². The van der Waals surface area contributed by atoms with Gasteiger partial charge in [0.05, 0.1) is 0 Å². The third-order valence-corrected chi connectivity index (χ3v) is 20.7. The Morgan fingerprint density at radius 1 is 0.960 bits per heavy atom. The van der Waals surface area contributed by atoms with E-state index >= 15 is 0 Å². The van der Waals surface area contributed by atoms with Crippen LogP contribution in [0, 0.1) is 0 Å². The number of aromatic nitrogens is 2. The number of rotatable bonds is 11. The van der Waals surface area contributed by atoms with Gasteiger partial charge in [0, 0.05) is 0 Å². The number of unbranched alkanes of at least 4 members (excludes halogenated alkanes) is 3. The zero-order valence-electron chi connectivity index (χ0n) is 16.9. The molecule has 2 aromatic rings. The fraction of sp³-hybridized carbons (Fsp3) is 0.667. The van der Waals surface area contributed by atoms with Crippen molar-refractivity contribution in [2.75, 3.05) is 7.11 Å². The van der Waals surface area contributed by atoms with Crippen LogP contribution < -0.4 is 8.45 Å². The number of benzene rings is 1. The van der Waals surface area contributed by atoms with Crippen LogP contribution in [0.4, 0.5) is 0 Å². The monoisotopic (exact) mass is 452 g/mol. The first-order valence-electron chi connectivity index (χ1n) is 10.1. The third kappa shape index (κ3) is 4.72. The second kappa shape index (κ2) is 9.84.